The summed E-state index contributed by atoms with van der Waals surface area (Å²) in [5, 5.41) is 4.25. The molecule has 2 atom stereocenters. The number of hydrogen-bond donors (Lipinski definition) is 0. The van der Waals surface area contributed by atoms with Crippen LogP contribution in [0.2, 0.25) is 12.1 Å². The summed E-state index contributed by atoms with van der Waals surface area (Å²) < 4.78 is 30.4. The van der Waals surface area contributed by atoms with Gasteiger partial charge < -0.3 is 0 Å². The molecule has 320 valence electrons. The van der Waals surface area contributed by atoms with Gasteiger partial charge in [0.25, 0.3) is 15.9 Å². The van der Waals surface area contributed by atoms with Gasteiger partial charge in [-0.1, -0.05) is 162 Å². The molecule has 0 saturated carbocycles. The highest BCUT2D eigenvalue weighted by Crippen LogP contribution is 2.54. The molecule has 4 nitrogen and oxygen atoms in total. The Morgan fingerprint density at radius 1 is 0.702 bits per heavy atom. The summed E-state index contributed by atoms with van der Waals surface area (Å²) in [5.74, 6) is 1.08. The Morgan fingerprint density at radius 3 is 1.82 bits per heavy atom. The molecule has 5 heterocycles. The fraction of sp³-hybridized carbons (Fsp3) is 0.723. The number of halogens is 1. The lowest BCUT2D eigenvalue weighted by atomic mass is 9.86. The number of rotatable bonds is 25. The average molecular weight is 937 g/mol. The van der Waals surface area contributed by atoms with Crippen LogP contribution in [0.1, 0.15) is 192 Å². The number of fused-ring (bicyclic) bond motifs is 4. The second-order valence-electron chi connectivity index (χ2n) is 18.7. The summed E-state index contributed by atoms with van der Waals surface area (Å²) in [6, 6.07) is 7.81. The summed E-state index contributed by atoms with van der Waals surface area (Å²) in [4.78, 5) is 22.3. The molecular weight excluding hydrogens is 863 g/mol. The summed E-state index contributed by atoms with van der Waals surface area (Å²) in [6.45, 7) is 23.5. The Morgan fingerprint density at radius 2 is 1.26 bits per heavy atom. The van der Waals surface area contributed by atoms with Crippen LogP contribution in [0.4, 0.5) is 0 Å². The van der Waals surface area contributed by atoms with Crippen molar-refractivity contribution in [2.24, 2.45) is 11.8 Å². The van der Waals surface area contributed by atoms with Gasteiger partial charge in [0.15, 0.2) is 0 Å². The SMILES string of the molecule is CCCCC(CC)C[Si]1(CC(CC)CCCC)c2cc(-c3sc(C(C)(C)CCC)c4c3C(=O)N(CCCCCCBr)S4(=O)=O)sc2-c2sc(C(C)(C)CCC)cc21. The van der Waals surface area contributed by atoms with E-state index in [4.69, 9.17) is 0 Å². The van der Waals surface area contributed by atoms with E-state index in [9.17, 15) is 13.2 Å². The van der Waals surface area contributed by atoms with E-state index in [1.165, 1.54) is 95.2 Å². The van der Waals surface area contributed by atoms with Crippen LogP contribution >= 0.6 is 49.9 Å². The van der Waals surface area contributed by atoms with Crippen molar-refractivity contribution >= 4 is 84.3 Å². The van der Waals surface area contributed by atoms with Crippen molar-refractivity contribution in [3.05, 3.63) is 27.5 Å². The maximum atomic E-state index is 14.6. The lowest BCUT2D eigenvalue weighted by Gasteiger charge is -2.36. The van der Waals surface area contributed by atoms with Crippen LogP contribution < -0.4 is 10.4 Å². The zero-order valence-corrected chi connectivity index (χ0v) is 43.0. The Balaban J connectivity index is 1.76. The third-order valence-electron chi connectivity index (χ3n) is 13.4. The minimum absolute atomic E-state index is 0.121. The first-order chi connectivity index (χ1) is 27.1. The first-order valence-electron chi connectivity index (χ1n) is 22.7. The molecule has 0 N–H and O–H groups in total. The molecule has 0 spiro atoms. The molecule has 2 aliphatic heterocycles. The number of alkyl halides is 1. The van der Waals surface area contributed by atoms with Crippen LogP contribution in [0.25, 0.3) is 19.5 Å². The molecule has 0 aliphatic carbocycles. The molecule has 2 aliphatic rings. The molecule has 57 heavy (non-hydrogen) atoms. The maximum Gasteiger partial charge on any atom is 0.270 e. The van der Waals surface area contributed by atoms with E-state index in [2.05, 4.69) is 109 Å². The zero-order valence-electron chi connectivity index (χ0n) is 37.1. The number of unbranched alkanes of at least 4 members (excludes halogenated alkanes) is 5. The van der Waals surface area contributed by atoms with Gasteiger partial charge in [-0.05, 0) is 77.5 Å². The lowest BCUT2D eigenvalue weighted by Crippen LogP contribution is -2.57. The van der Waals surface area contributed by atoms with Crippen LogP contribution in [-0.2, 0) is 20.9 Å². The summed E-state index contributed by atoms with van der Waals surface area (Å²) in [7, 11) is -6.23. The van der Waals surface area contributed by atoms with Gasteiger partial charge in [0, 0.05) is 41.7 Å². The lowest BCUT2D eigenvalue weighted by molar-refractivity contribution is 0.0870. The number of carbonyl (C=O) groups excluding carboxylic acids is 1. The third-order valence-corrected chi connectivity index (χ3v) is 26.3. The highest BCUT2D eigenvalue weighted by atomic mass is 79.9. The number of amides is 1. The van der Waals surface area contributed by atoms with Crippen molar-refractivity contribution in [2.75, 3.05) is 11.9 Å². The summed E-state index contributed by atoms with van der Waals surface area (Å²) in [6.07, 6.45) is 17.9. The second-order valence-corrected chi connectivity index (χ2v) is 28.5. The summed E-state index contributed by atoms with van der Waals surface area (Å²) in [5.41, 5.74) is 0.226. The van der Waals surface area contributed by atoms with Crippen LogP contribution in [0.5, 0.6) is 0 Å². The molecule has 0 saturated heterocycles. The van der Waals surface area contributed by atoms with Gasteiger partial charge >= 0.3 is 0 Å². The van der Waals surface area contributed by atoms with Gasteiger partial charge in [-0.3, -0.25) is 4.79 Å². The molecule has 5 rings (SSSR count). The zero-order chi connectivity index (χ0) is 41.8. The molecule has 0 radical (unpaired) electrons. The van der Waals surface area contributed by atoms with E-state index >= 15 is 0 Å². The van der Waals surface area contributed by atoms with Gasteiger partial charge in [-0.25, -0.2) is 12.7 Å². The van der Waals surface area contributed by atoms with Crippen molar-refractivity contribution in [1.29, 1.82) is 0 Å². The van der Waals surface area contributed by atoms with Crippen molar-refractivity contribution < 1.29 is 13.2 Å². The van der Waals surface area contributed by atoms with E-state index in [0.29, 0.717) is 28.7 Å². The van der Waals surface area contributed by atoms with Crippen LogP contribution in [-0.4, -0.2) is 38.6 Å². The van der Waals surface area contributed by atoms with Gasteiger partial charge in [-0.2, -0.15) is 0 Å². The number of carbonyl (C=O) groups is 1. The van der Waals surface area contributed by atoms with Gasteiger partial charge in [0.2, 0.25) is 0 Å². The largest absolute Gasteiger partial charge is 0.270 e. The Kier molecular flexibility index (Phi) is 16.5. The molecule has 1 amide bonds. The van der Waals surface area contributed by atoms with Crippen LogP contribution in [0.15, 0.2) is 17.0 Å². The fourth-order valence-electron chi connectivity index (χ4n) is 10.0. The van der Waals surface area contributed by atoms with E-state index < -0.39 is 18.1 Å². The molecule has 0 aromatic carbocycles. The highest BCUT2D eigenvalue weighted by Gasteiger charge is 2.52. The first kappa shape index (κ1) is 47.3. The van der Waals surface area contributed by atoms with Crippen LogP contribution in [0.3, 0.4) is 0 Å². The molecule has 0 bridgehead atoms. The van der Waals surface area contributed by atoms with Gasteiger partial charge in [-0.15, -0.1) is 34.0 Å². The molecule has 3 aromatic rings. The van der Waals surface area contributed by atoms with Crippen molar-refractivity contribution in [3.8, 4) is 19.5 Å². The van der Waals surface area contributed by atoms with Gasteiger partial charge in [0.05, 0.1) is 10.4 Å². The molecule has 3 aromatic heterocycles. The predicted molar refractivity (Wildman–Crippen MR) is 259 cm³/mol. The maximum absolute atomic E-state index is 14.6. The predicted octanol–water partition coefficient (Wildman–Crippen LogP) is 14.8. The highest BCUT2D eigenvalue weighted by molar-refractivity contribution is 9.09. The molecule has 2 unspecified atom stereocenters. The quantitative estimate of drug-likeness (QED) is 0.0483. The van der Waals surface area contributed by atoms with Crippen LogP contribution in [0, 0.1) is 11.8 Å². The first-order valence-corrected chi connectivity index (χ1v) is 30.1. The van der Waals surface area contributed by atoms with Gasteiger partial charge in [0.1, 0.15) is 13.0 Å². The number of nitrogens with zero attached hydrogens (tertiary/aromatic N) is 1. The second kappa shape index (κ2) is 19.9. The number of sulfonamides is 1. The Hall–Kier alpha value is -0.783. The number of hydrogen-bond acceptors (Lipinski definition) is 6. The van der Waals surface area contributed by atoms with Crippen molar-refractivity contribution in [2.45, 2.75) is 200 Å². The van der Waals surface area contributed by atoms with E-state index in [1.54, 1.807) is 21.7 Å². The summed E-state index contributed by atoms with van der Waals surface area (Å²) >= 11 is 9.08. The topological polar surface area (TPSA) is 54.5 Å². The van der Waals surface area contributed by atoms with E-state index in [0.717, 1.165) is 52.1 Å². The standard InChI is InChI=1S/C47H74BrNO3S4Si/c1-11-17-23-33(15-5)31-57(32-34(16-6)24-18-12-2)36-29-35(53-41(36)42-37(57)30-38(54-42)46(7,8)25-13-3)40-39-43(44(55-40)47(9,10)26-14-4)56(51,52)49(45(39)50)28-22-20-19-21-27-48/h29-30,33-34H,11-28,31-32H2,1-10H3. The van der Waals surface area contributed by atoms with Crippen molar-refractivity contribution in [3.63, 3.8) is 0 Å². The monoisotopic (exact) mass is 935 g/mol. The molecule has 10 heteroatoms. The molecule has 0 fully saturated rings. The average Bonchev–Trinajstić information content (AvgIpc) is 3.97. The van der Waals surface area contributed by atoms with E-state index in [-0.39, 0.29) is 23.3 Å². The molecular formula is C47H74BrNO3S4Si. The minimum Gasteiger partial charge on any atom is -0.268 e. The smallest absolute Gasteiger partial charge is 0.268 e. The fourth-order valence-corrected chi connectivity index (χ4v) is 24.8. The van der Waals surface area contributed by atoms with E-state index in [1.807, 2.05) is 11.3 Å². The van der Waals surface area contributed by atoms with Crippen molar-refractivity contribution in [1.82, 2.24) is 4.31 Å². The number of thiophene rings is 3. The minimum atomic E-state index is -3.95. The normalized spacial score (nSPS) is 18.6. The third kappa shape index (κ3) is 9.51. The Labute approximate surface area is 369 Å². The Bertz CT molecular complexity index is 1900.